The minimum atomic E-state index is -0.641. The number of ether oxygens (including phenoxy) is 3. The number of hydrogen-bond acceptors (Lipinski definition) is 7. The average Bonchev–Trinajstić information content (AvgIpc) is 3.28. The lowest BCUT2D eigenvalue weighted by Gasteiger charge is -2.32. The lowest BCUT2D eigenvalue weighted by Crippen LogP contribution is -2.43. The first-order valence-corrected chi connectivity index (χ1v) is 11.5. The molecule has 0 unspecified atom stereocenters. The summed E-state index contributed by atoms with van der Waals surface area (Å²) in [5.74, 6) is 2.13. The van der Waals surface area contributed by atoms with Gasteiger partial charge in [0.1, 0.15) is 24.8 Å². The van der Waals surface area contributed by atoms with Gasteiger partial charge in [0.15, 0.2) is 11.5 Å². The smallest absolute Gasteiger partial charge is 0.230 e. The first kappa shape index (κ1) is 23.8. The molecule has 4 aromatic rings. The van der Waals surface area contributed by atoms with Crippen molar-refractivity contribution in [1.82, 2.24) is 19.9 Å². The number of aromatic nitrogens is 3. The van der Waals surface area contributed by atoms with Crippen LogP contribution in [-0.4, -0.2) is 63.4 Å². The van der Waals surface area contributed by atoms with Crippen molar-refractivity contribution in [2.75, 3.05) is 20.3 Å². The van der Waals surface area contributed by atoms with Crippen molar-refractivity contribution in [2.45, 2.75) is 45.9 Å². The van der Waals surface area contributed by atoms with Crippen LogP contribution in [-0.2, 0) is 0 Å². The number of benzene rings is 2. The minimum Gasteiger partial charge on any atom is -0.493 e. The Labute approximate surface area is 199 Å². The Balaban J connectivity index is 1.54. The molecule has 0 fully saturated rings. The third-order valence-electron chi connectivity index (χ3n) is 5.80. The molecule has 34 heavy (non-hydrogen) atoms. The summed E-state index contributed by atoms with van der Waals surface area (Å²) in [6.07, 6.45) is 2.71. The summed E-state index contributed by atoms with van der Waals surface area (Å²) in [5.41, 5.74) is 1.69. The van der Waals surface area contributed by atoms with Gasteiger partial charge in [-0.15, -0.1) is 0 Å². The van der Waals surface area contributed by atoms with Crippen LogP contribution in [0.1, 0.15) is 27.7 Å². The maximum atomic E-state index is 10.6. The van der Waals surface area contributed by atoms with Crippen LogP contribution in [0.5, 0.6) is 23.1 Å². The van der Waals surface area contributed by atoms with E-state index in [1.165, 1.54) is 6.33 Å². The molecular formula is C26H32N4O4. The molecule has 1 atom stereocenters. The Hall–Kier alpha value is -3.36. The number of methoxy groups -OCH3 is 1. The standard InChI is InChI=1S/C26H32N4O4/c1-16(2)30(17(3)4)13-19(31)14-33-25-12-23-21(11-24(25)32-5)26(29-15-28-23)34-20-6-7-22-18(10-20)8-9-27-22/h6-12,15-17,19,27,31H,13-14H2,1-5H3/t19-/m0/s1. The van der Waals surface area contributed by atoms with E-state index in [4.69, 9.17) is 14.2 Å². The normalized spacial score (nSPS) is 12.7. The van der Waals surface area contributed by atoms with Crippen molar-refractivity contribution < 1.29 is 19.3 Å². The largest absolute Gasteiger partial charge is 0.493 e. The molecule has 0 saturated carbocycles. The van der Waals surface area contributed by atoms with Crippen LogP contribution in [0.4, 0.5) is 0 Å². The zero-order chi connectivity index (χ0) is 24.2. The molecule has 0 aliphatic rings. The van der Waals surface area contributed by atoms with Crippen LogP contribution in [0.15, 0.2) is 48.9 Å². The Morgan fingerprint density at radius 2 is 1.79 bits per heavy atom. The van der Waals surface area contributed by atoms with E-state index in [1.54, 1.807) is 19.2 Å². The summed E-state index contributed by atoms with van der Waals surface area (Å²) in [7, 11) is 1.58. The number of aliphatic hydroxyl groups excluding tert-OH is 1. The van der Waals surface area contributed by atoms with Gasteiger partial charge >= 0.3 is 0 Å². The Bertz CT molecular complexity index is 1250. The fourth-order valence-corrected chi connectivity index (χ4v) is 4.10. The Kier molecular flexibility index (Phi) is 7.19. The maximum absolute atomic E-state index is 10.6. The van der Waals surface area contributed by atoms with Gasteiger partial charge in [-0.1, -0.05) is 0 Å². The molecule has 8 heteroatoms. The summed E-state index contributed by atoms with van der Waals surface area (Å²) in [4.78, 5) is 14.1. The third-order valence-corrected chi connectivity index (χ3v) is 5.80. The highest BCUT2D eigenvalue weighted by atomic mass is 16.5. The summed E-state index contributed by atoms with van der Waals surface area (Å²) in [6, 6.07) is 12.0. The number of fused-ring (bicyclic) bond motifs is 2. The van der Waals surface area contributed by atoms with Crippen LogP contribution in [0, 0.1) is 0 Å². The SMILES string of the molecule is COc1cc2c(Oc3ccc4[nH]ccc4c3)ncnc2cc1OC[C@@H](O)CN(C(C)C)C(C)C. The van der Waals surface area contributed by atoms with Gasteiger partial charge in [0.05, 0.1) is 18.0 Å². The summed E-state index contributed by atoms with van der Waals surface area (Å²) < 4.78 is 17.6. The topological polar surface area (TPSA) is 92.7 Å². The van der Waals surface area contributed by atoms with Crippen molar-refractivity contribution >= 4 is 21.8 Å². The van der Waals surface area contributed by atoms with Crippen LogP contribution in [0.2, 0.25) is 0 Å². The maximum Gasteiger partial charge on any atom is 0.230 e. The van der Waals surface area contributed by atoms with E-state index in [0.29, 0.717) is 52.7 Å². The Morgan fingerprint density at radius 1 is 1.00 bits per heavy atom. The number of nitrogens with one attached hydrogen (secondary N) is 1. The summed E-state index contributed by atoms with van der Waals surface area (Å²) >= 11 is 0. The highest BCUT2D eigenvalue weighted by Gasteiger charge is 2.19. The molecule has 0 radical (unpaired) electrons. The predicted octanol–water partition coefficient (Wildman–Crippen LogP) is 4.77. The molecule has 2 aromatic heterocycles. The number of H-pyrrole nitrogens is 1. The molecule has 0 bridgehead atoms. The lowest BCUT2D eigenvalue weighted by atomic mass is 10.2. The molecular weight excluding hydrogens is 432 g/mol. The van der Waals surface area contributed by atoms with E-state index in [9.17, 15) is 5.11 Å². The second-order valence-corrected chi connectivity index (χ2v) is 8.88. The molecule has 2 heterocycles. The molecule has 0 aliphatic heterocycles. The van der Waals surface area contributed by atoms with E-state index in [1.807, 2.05) is 30.5 Å². The van der Waals surface area contributed by atoms with Gasteiger partial charge in [-0.3, -0.25) is 4.90 Å². The average molecular weight is 465 g/mol. The van der Waals surface area contributed by atoms with Gasteiger partial charge in [-0.2, -0.15) is 0 Å². The van der Waals surface area contributed by atoms with Crippen molar-refractivity contribution in [3.05, 3.63) is 48.9 Å². The number of aliphatic hydroxyl groups is 1. The van der Waals surface area contributed by atoms with Crippen LogP contribution < -0.4 is 14.2 Å². The fraction of sp³-hybridized carbons (Fsp3) is 0.385. The van der Waals surface area contributed by atoms with Crippen molar-refractivity contribution in [1.29, 1.82) is 0 Å². The van der Waals surface area contributed by atoms with Crippen LogP contribution >= 0.6 is 0 Å². The quantitative estimate of drug-likeness (QED) is 0.349. The van der Waals surface area contributed by atoms with Gasteiger partial charge in [0.25, 0.3) is 0 Å². The number of rotatable bonds is 10. The van der Waals surface area contributed by atoms with Gasteiger partial charge < -0.3 is 24.3 Å². The molecule has 0 amide bonds. The predicted molar refractivity (Wildman–Crippen MR) is 133 cm³/mol. The highest BCUT2D eigenvalue weighted by Crippen LogP contribution is 2.36. The van der Waals surface area contributed by atoms with Crippen molar-refractivity contribution in [2.24, 2.45) is 0 Å². The summed E-state index contributed by atoms with van der Waals surface area (Å²) in [6.45, 7) is 9.15. The molecule has 0 aliphatic carbocycles. The van der Waals surface area contributed by atoms with Gasteiger partial charge in [-0.05, 0) is 58.0 Å². The molecule has 2 N–H and O–H groups in total. The molecule has 8 nitrogen and oxygen atoms in total. The minimum absolute atomic E-state index is 0.142. The third kappa shape index (κ3) is 5.24. The first-order valence-electron chi connectivity index (χ1n) is 11.5. The van der Waals surface area contributed by atoms with E-state index in [-0.39, 0.29) is 6.61 Å². The monoisotopic (exact) mass is 464 g/mol. The fourth-order valence-electron chi connectivity index (χ4n) is 4.10. The second-order valence-electron chi connectivity index (χ2n) is 8.88. The summed E-state index contributed by atoms with van der Waals surface area (Å²) in [5, 5.41) is 12.3. The van der Waals surface area contributed by atoms with E-state index < -0.39 is 6.10 Å². The van der Waals surface area contributed by atoms with Gasteiger partial charge in [0.2, 0.25) is 5.88 Å². The number of aromatic amines is 1. The Morgan fingerprint density at radius 3 is 2.53 bits per heavy atom. The lowest BCUT2D eigenvalue weighted by molar-refractivity contribution is 0.0439. The van der Waals surface area contributed by atoms with Crippen molar-refractivity contribution in [3.8, 4) is 23.1 Å². The number of hydrogen-bond donors (Lipinski definition) is 2. The van der Waals surface area contributed by atoms with Gasteiger partial charge in [-0.25, -0.2) is 9.97 Å². The molecule has 0 spiro atoms. The highest BCUT2D eigenvalue weighted by molar-refractivity contribution is 5.87. The van der Waals surface area contributed by atoms with Crippen LogP contribution in [0.3, 0.4) is 0 Å². The van der Waals surface area contributed by atoms with Gasteiger partial charge in [0, 0.05) is 41.8 Å². The first-order chi connectivity index (χ1) is 16.4. The van der Waals surface area contributed by atoms with E-state index >= 15 is 0 Å². The molecule has 2 aromatic carbocycles. The molecule has 0 saturated heterocycles. The second kappa shape index (κ2) is 10.3. The zero-order valence-electron chi connectivity index (χ0n) is 20.3. The van der Waals surface area contributed by atoms with E-state index in [0.717, 1.165) is 10.9 Å². The number of nitrogens with zero attached hydrogens (tertiary/aromatic N) is 3. The molecule has 4 rings (SSSR count). The van der Waals surface area contributed by atoms with E-state index in [2.05, 4.69) is 47.5 Å². The van der Waals surface area contributed by atoms with Crippen LogP contribution in [0.25, 0.3) is 21.8 Å². The molecule has 180 valence electrons. The van der Waals surface area contributed by atoms with Crippen molar-refractivity contribution in [3.63, 3.8) is 0 Å². The zero-order valence-corrected chi connectivity index (χ0v) is 20.3.